The molecule has 0 aromatic carbocycles. The Morgan fingerprint density at radius 2 is 2.16 bits per heavy atom. The van der Waals surface area contributed by atoms with E-state index in [0.717, 1.165) is 6.42 Å². The summed E-state index contributed by atoms with van der Waals surface area (Å²) >= 11 is 1.75. The summed E-state index contributed by atoms with van der Waals surface area (Å²) in [7, 11) is 0. The number of urea groups is 1. The molecule has 0 bridgehead atoms. The van der Waals surface area contributed by atoms with Crippen LogP contribution in [0.25, 0.3) is 0 Å². The summed E-state index contributed by atoms with van der Waals surface area (Å²) in [6.45, 7) is 9.22. The van der Waals surface area contributed by atoms with E-state index in [4.69, 9.17) is 5.11 Å². The summed E-state index contributed by atoms with van der Waals surface area (Å²) in [4.78, 5) is 16.3. The van der Waals surface area contributed by atoms with E-state index in [0.29, 0.717) is 13.1 Å². The van der Waals surface area contributed by atoms with Crippen molar-refractivity contribution >= 4 is 17.4 Å². The highest BCUT2D eigenvalue weighted by Crippen LogP contribution is 2.26. The molecule has 0 saturated carbocycles. The van der Waals surface area contributed by atoms with Crippen molar-refractivity contribution in [1.29, 1.82) is 0 Å². The normalized spacial score (nSPS) is 12.3. The second-order valence-corrected chi connectivity index (χ2v) is 6.21. The van der Waals surface area contributed by atoms with Gasteiger partial charge in [0.25, 0.3) is 0 Å². The topological polar surface area (TPSA) is 52.6 Å². The Hall–Kier alpha value is -1.07. The molecule has 2 amide bonds. The number of carbonyl (C=O) groups is 1. The largest absolute Gasteiger partial charge is 0.395 e. The Morgan fingerprint density at radius 1 is 1.47 bits per heavy atom. The third-order valence-corrected chi connectivity index (χ3v) is 4.02. The number of hydrogen-bond donors (Lipinski definition) is 2. The average Bonchev–Trinajstić information content (AvgIpc) is 2.68. The minimum absolute atomic E-state index is 0.00160. The molecule has 19 heavy (non-hydrogen) atoms. The minimum atomic E-state index is -0.105. The van der Waals surface area contributed by atoms with Crippen molar-refractivity contribution in [3.8, 4) is 0 Å². The smallest absolute Gasteiger partial charge is 0.317 e. The molecule has 1 heterocycles. The molecular weight excluding hydrogens is 260 g/mol. The van der Waals surface area contributed by atoms with Crippen LogP contribution in [0.3, 0.4) is 0 Å². The molecule has 0 radical (unpaired) electrons. The van der Waals surface area contributed by atoms with Crippen LogP contribution in [-0.4, -0.2) is 35.7 Å². The van der Waals surface area contributed by atoms with Crippen LogP contribution in [0.2, 0.25) is 0 Å². The average molecular weight is 284 g/mol. The van der Waals surface area contributed by atoms with Gasteiger partial charge in [-0.1, -0.05) is 6.92 Å². The molecule has 0 fully saturated rings. The lowest BCUT2D eigenvalue weighted by molar-refractivity contribution is 0.174. The molecule has 1 aromatic heterocycles. The van der Waals surface area contributed by atoms with Gasteiger partial charge in [0.2, 0.25) is 0 Å². The Labute approximate surface area is 119 Å². The molecule has 2 N–H and O–H groups in total. The van der Waals surface area contributed by atoms with Crippen LogP contribution in [0.4, 0.5) is 4.79 Å². The number of thiophene rings is 1. The molecule has 4 nitrogen and oxygen atoms in total. The zero-order chi connectivity index (χ0) is 14.4. The fourth-order valence-corrected chi connectivity index (χ4v) is 3.16. The zero-order valence-electron chi connectivity index (χ0n) is 12.2. The molecule has 1 rings (SSSR count). The molecule has 1 aromatic rings. The summed E-state index contributed by atoms with van der Waals surface area (Å²) in [6.07, 6.45) is 0.887. The van der Waals surface area contributed by atoms with Crippen LogP contribution in [0.1, 0.15) is 41.6 Å². The first kappa shape index (κ1) is 16.0. The van der Waals surface area contributed by atoms with Gasteiger partial charge < -0.3 is 15.3 Å². The van der Waals surface area contributed by atoms with Gasteiger partial charge in [-0.05, 0) is 38.8 Å². The molecule has 0 aliphatic heterocycles. The van der Waals surface area contributed by atoms with E-state index in [1.165, 1.54) is 15.3 Å². The van der Waals surface area contributed by atoms with Crippen LogP contribution >= 0.6 is 11.3 Å². The van der Waals surface area contributed by atoms with Gasteiger partial charge in [-0.3, -0.25) is 0 Å². The summed E-state index contributed by atoms with van der Waals surface area (Å²) < 4.78 is 0. The highest BCUT2D eigenvalue weighted by molar-refractivity contribution is 7.12. The number of aryl methyl sites for hydroxylation is 2. The lowest BCUT2D eigenvalue weighted by atomic mass is 10.1. The molecular formula is C14H24N2O2S. The third-order valence-electron chi connectivity index (χ3n) is 3.04. The van der Waals surface area contributed by atoms with Crippen molar-refractivity contribution in [3.63, 3.8) is 0 Å². The molecule has 5 heteroatoms. The maximum atomic E-state index is 12.1. The van der Waals surface area contributed by atoms with E-state index >= 15 is 0 Å². The van der Waals surface area contributed by atoms with Crippen molar-refractivity contribution in [1.82, 2.24) is 10.2 Å². The van der Waals surface area contributed by atoms with Crippen LogP contribution in [0, 0.1) is 13.8 Å². The predicted molar refractivity (Wildman–Crippen MR) is 79.7 cm³/mol. The van der Waals surface area contributed by atoms with Crippen molar-refractivity contribution < 1.29 is 9.90 Å². The van der Waals surface area contributed by atoms with Gasteiger partial charge in [0.1, 0.15) is 0 Å². The number of aliphatic hydroxyl groups is 1. The molecule has 0 saturated heterocycles. The van der Waals surface area contributed by atoms with Gasteiger partial charge in [-0.2, -0.15) is 0 Å². The summed E-state index contributed by atoms with van der Waals surface area (Å²) in [6, 6.07) is 2.02. The lowest BCUT2D eigenvalue weighted by Gasteiger charge is -2.24. The summed E-state index contributed by atoms with van der Waals surface area (Å²) in [5.41, 5.74) is 1.18. The van der Waals surface area contributed by atoms with Gasteiger partial charge in [0.15, 0.2) is 0 Å². The first-order chi connectivity index (χ1) is 8.99. The second-order valence-electron chi connectivity index (χ2n) is 4.75. The van der Waals surface area contributed by atoms with Crippen LogP contribution in [-0.2, 0) is 0 Å². The quantitative estimate of drug-likeness (QED) is 0.844. The maximum absolute atomic E-state index is 12.1. The number of aliphatic hydroxyl groups excluding tert-OH is 1. The van der Waals surface area contributed by atoms with E-state index in [9.17, 15) is 4.79 Å². The van der Waals surface area contributed by atoms with Gasteiger partial charge in [0.05, 0.1) is 12.6 Å². The van der Waals surface area contributed by atoms with Gasteiger partial charge in [-0.15, -0.1) is 11.3 Å². The highest BCUT2D eigenvalue weighted by atomic mass is 32.1. The van der Waals surface area contributed by atoms with E-state index in [-0.39, 0.29) is 18.7 Å². The van der Waals surface area contributed by atoms with E-state index in [1.807, 2.05) is 13.8 Å². The van der Waals surface area contributed by atoms with Gasteiger partial charge >= 0.3 is 6.03 Å². The first-order valence-electron chi connectivity index (χ1n) is 6.72. The van der Waals surface area contributed by atoms with Crippen LogP contribution in [0.5, 0.6) is 0 Å². The second kappa shape index (κ2) is 7.50. The molecule has 0 aliphatic carbocycles. The fourth-order valence-electron chi connectivity index (χ4n) is 2.14. The highest BCUT2D eigenvalue weighted by Gasteiger charge is 2.17. The lowest BCUT2D eigenvalue weighted by Crippen LogP contribution is -2.42. The Bertz CT molecular complexity index is 412. The molecule has 108 valence electrons. The third kappa shape index (κ3) is 4.51. The molecule has 0 aliphatic rings. The summed E-state index contributed by atoms with van der Waals surface area (Å²) in [5.74, 6) is 0. The molecule has 1 unspecified atom stereocenters. The maximum Gasteiger partial charge on any atom is 0.317 e. The van der Waals surface area contributed by atoms with Gasteiger partial charge in [0, 0.05) is 22.8 Å². The van der Waals surface area contributed by atoms with Crippen LogP contribution < -0.4 is 5.32 Å². The standard InChI is InChI=1S/C14H24N2O2S/c1-5-6-16(7-8-17)14(18)15-11(3)13-9-10(2)19-12(13)4/h9,11,17H,5-8H2,1-4H3,(H,15,18). The Morgan fingerprint density at radius 3 is 2.63 bits per heavy atom. The van der Waals surface area contributed by atoms with E-state index in [2.05, 4.69) is 25.2 Å². The number of amides is 2. The number of hydrogen-bond acceptors (Lipinski definition) is 3. The Kier molecular flexibility index (Phi) is 6.31. The van der Waals surface area contributed by atoms with Crippen molar-refractivity contribution in [2.45, 2.75) is 40.2 Å². The molecule has 1 atom stereocenters. The SMILES string of the molecule is CCCN(CCO)C(=O)NC(C)c1cc(C)sc1C. The van der Waals surface area contributed by atoms with Crippen LogP contribution in [0.15, 0.2) is 6.07 Å². The minimum Gasteiger partial charge on any atom is -0.395 e. The number of carbonyl (C=O) groups excluding carboxylic acids is 1. The van der Waals surface area contributed by atoms with Crippen molar-refractivity contribution in [2.75, 3.05) is 19.7 Å². The monoisotopic (exact) mass is 284 g/mol. The van der Waals surface area contributed by atoms with E-state index < -0.39 is 0 Å². The zero-order valence-corrected chi connectivity index (χ0v) is 13.0. The number of rotatable bonds is 6. The van der Waals surface area contributed by atoms with Gasteiger partial charge in [-0.25, -0.2) is 4.79 Å². The van der Waals surface area contributed by atoms with Crippen molar-refractivity contribution in [3.05, 3.63) is 21.4 Å². The van der Waals surface area contributed by atoms with Crippen molar-refractivity contribution in [2.24, 2.45) is 0 Å². The molecule has 0 spiro atoms. The Balaban J connectivity index is 2.66. The first-order valence-corrected chi connectivity index (χ1v) is 7.54. The summed E-state index contributed by atoms with van der Waals surface area (Å²) in [5, 5.41) is 12.0. The fraction of sp³-hybridized carbons (Fsp3) is 0.643. The number of nitrogens with one attached hydrogen (secondary N) is 1. The van der Waals surface area contributed by atoms with E-state index in [1.54, 1.807) is 16.2 Å². The number of nitrogens with zero attached hydrogens (tertiary/aromatic N) is 1. The predicted octanol–water partition coefficient (Wildman–Crippen LogP) is 2.84.